The van der Waals surface area contributed by atoms with Gasteiger partial charge in [0.05, 0.1) is 11.4 Å². The fraction of sp³-hybridized carbons (Fsp3) is 0.125. The largest absolute Gasteiger partial charge is 0.269 e. The van der Waals surface area contributed by atoms with Gasteiger partial charge >= 0.3 is 0 Å². The minimum Gasteiger partial charge on any atom is -0.269 e. The highest BCUT2D eigenvalue weighted by Gasteiger charge is 2.32. The second kappa shape index (κ2) is 4.77. The Morgan fingerprint density at radius 3 is 2.00 bits per heavy atom. The first-order valence-corrected chi connectivity index (χ1v) is 6.63. The Morgan fingerprint density at radius 2 is 1.45 bits per heavy atom. The van der Waals surface area contributed by atoms with E-state index in [-0.39, 0.29) is 0 Å². The molecular weight excluding hydrogens is 284 g/mol. The van der Waals surface area contributed by atoms with Crippen molar-refractivity contribution in [2.45, 2.75) is 13.8 Å². The molecule has 6 heteroatoms. The maximum Gasteiger partial charge on any atom is 0.261 e. The van der Waals surface area contributed by atoms with E-state index in [1.165, 1.54) is 24.3 Å². The van der Waals surface area contributed by atoms with E-state index in [1.807, 2.05) is 0 Å². The number of imide groups is 2. The zero-order valence-corrected chi connectivity index (χ0v) is 12.0. The van der Waals surface area contributed by atoms with E-state index < -0.39 is 23.6 Å². The van der Waals surface area contributed by atoms with Crippen LogP contribution in [0, 0.1) is 6.92 Å². The molecule has 0 N–H and O–H groups in total. The van der Waals surface area contributed by atoms with Gasteiger partial charge in [0, 0.05) is 23.8 Å². The van der Waals surface area contributed by atoms with Crippen molar-refractivity contribution in [3.63, 3.8) is 0 Å². The van der Waals surface area contributed by atoms with Crippen molar-refractivity contribution in [3.8, 4) is 0 Å². The molecule has 0 radical (unpaired) electrons. The van der Waals surface area contributed by atoms with E-state index >= 15 is 0 Å². The lowest BCUT2D eigenvalue weighted by Gasteiger charge is -2.21. The Morgan fingerprint density at radius 1 is 0.818 bits per heavy atom. The molecule has 0 fully saturated rings. The number of hydrogen-bond acceptors (Lipinski definition) is 4. The average molecular weight is 296 g/mol. The molecular formula is C16H12N2O4. The summed E-state index contributed by atoms with van der Waals surface area (Å²) in [4.78, 5) is 49.6. The Bertz CT molecular complexity index is 786. The highest BCUT2D eigenvalue weighted by atomic mass is 16.2. The second-order valence-electron chi connectivity index (χ2n) is 5.12. The number of anilines is 2. The van der Waals surface area contributed by atoms with E-state index in [9.17, 15) is 19.2 Å². The van der Waals surface area contributed by atoms with Gasteiger partial charge in [0.1, 0.15) is 0 Å². The van der Waals surface area contributed by atoms with Gasteiger partial charge in [0.2, 0.25) is 0 Å². The summed E-state index contributed by atoms with van der Waals surface area (Å²) in [5.41, 5.74) is 1.74. The van der Waals surface area contributed by atoms with Crippen LogP contribution in [0.2, 0.25) is 0 Å². The van der Waals surface area contributed by atoms with Crippen LogP contribution in [0.1, 0.15) is 12.5 Å². The highest BCUT2D eigenvalue weighted by Crippen LogP contribution is 2.31. The van der Waals surface area contributed by atoms with Crippen molar-refractivity contribution >= 4 is 35.0 Å². The third-order valence-electron chi connectivity index (χ3n) is 3.60. The average Bonchev–Trinajstić information content (AvgIpc) is 2.92. The summed E-state index contributed by atoms with van der Waals surface area (Å²) in [5, 5.41) is 0. The van der Waals surface area contributed by atoms with Crippen LogP contribution in [0.4, 0.5) is 11.4 Å². The summed E-state index contributed by atoms with van der Waals surface area (Å²) in [6.45, 7) is 3.32. The van der Waals surface area contributed by atoms with Gasteiger partial charge in [-0.15, -0.1) is 0 Å². The quantitative estimate of drug-likeness (QED) is 0.770. The van der Waals surface area contributed by atoms with Gasteiger partial charge in [-0.05, 0) is 31.5 Å². The van der Waals surface area contributed by atoms with Crippen molar-refractivity contribution in [1.29, 1.82) is 0 Å². The molecule has 1 aromatic carbocycles. The van der Waals surface area contributed by atoms with Gasteiger partial charge in [-0.1, -0.05) is 6.07 Å². The topological polar surface area (TPSA) is 74.8 Å². The molecule has 0 aromatic heterocycles. The van der Waals surface area contributed by atoms with Crippen LogP contribution in [0.25, 0.3) is 0 Å². The molecule has 6 nitrogen and oxygen atoms in total. The first-order chi connectivity index (χ1) is 10.4. The molecule has 4 amide bonds. The van der Waals surface area contributed by atoms with Gasteiger partial charge in [0.25, 0.3) is 23.6 Å². The number of hydrogen-bond donors (Lipinski definition) is 0. The maximum absolute atomic E-state index is 12.1. The van der Waals surface area contributed by atoms with Crippen LogP contribution in [0.3, 0.4) is 0 Å². The number of amides is 4. The molecule has 1 aromatic rings. The molecule has 2 aliphatic rings. The SMILES string of the molecule is CC1=CC(=O)N(c2cc(N3C(=O)C=CC3=O)ccc2C)C1=O. The second-order valence-corrected chi connectivity index (χ2v) is 5.12. The van der Waals surface area contributed by atoms with Crippen LogP contribution in [-0.2, 0) is 19.2 Å². The minimum absolute atomic E-state index is 0.325. The van der Waals surface area contributed by atoms with Crippen molar-refractivity contribution in [3.05, 3.63) is 47.6 Å². The maximum atomic E-state index is 12.1. The molecule has 110 valence electrons. The Kier molecular flexibility index (Phi) is 3.02. The van der Waals surface area contributed by atoms with Gasteiger partial charge in [-0.25, -0.2) is 9.80 Å². The molecule has 0 bridgehead atoms. The van der Waals surface area contributed by atoms with Gasteiger partial charge in [-0.3, -0.25) is 19.2 Å². The lowest BCUT2D eigenvalue weighted by molar-refractivity contribution is -0.121. The van der Waals surface area contributed by atoms with Gasteiger partial charge in [0.15, 0.2) is 0 Å². The van der Waals surface area contributed by atoms with Crippen molar-refractivity contribution < 1.29 is 19.2 Å². The summed E-state index contributed by atoms with van der Waals surface area (Å²) >= 11 is 0. The molecule has 2 heterocycles. The van der Waals surface area contributed by atoms with E-state index in [1.54, 1.807) is 26.0 Å². The zero-order chi connectivity index (χ0) is 16.0. The van der Waals surface area contributed by atoms with Crippen LogP contribution < -0.4 is 9.80 Å². The lowest BCUT2D eigenvalue weighted by Crippen LogP contribution is -2.33. The molecule has 0 spiro atoms. The fourth-order valence-electron chi connectivity index (χ4n) is 2.45. The van der Waals surface area contributed by atoms with Crippen molar-refractivity contribution in [2.75, 3.05) is 9.80 Å². The summed E-state index contributed by atoms with van der Waals surface area (Å²) in [7, 11) is 0. The van der Waals surface area contributed by atoms with Gasteiger partial charge < -0.3 is 0 Å². The monoisotopic (exact) mass is 296 g/mol. The van der Waals surface area contributed by atoms with E-state index in [2.05, 4.69) is 0 Å². The Hall–Kier alpha value is -3.02. The summed E-state index contributed by atoms with van der Waals surface area (Å²) in [6.07, 6.45) is 3.63. The molecule has 0 aliphatic carbocycles. The number of carbonyl (C=O) groups excluding carboxylic acids is 4. The standard InChI is InChI=1S/C16H12N2O4/c1-9-3-4-11(17-13(19)5-6-14(17)20)8-12(9)18-15(21)7-10(2)16(18)22/h3-8H,1-2H3. The molecule has 2 aliphatic heterocycles. The van der Waals surface area contributed by atoms with E-state index in [0.717, 1.165) is 9.80 Å². The van der Waals surface area contributed by atoms with Crippen LogP contribution in [-0.4, -0.2) is 23.6 Å². The predicted molar refractivity (Wildman–Crippen MR) is 79.1 cm³/mol. The summed E-state index contributed by atoms with van der Waals surface area (Å²) in [6, 6.07) is 4.77. The third-order valence-corrected chi connectivity index (χ3v) is 3.60. The normalized spacial score (nSPS) is 17.8. The summed E-state index contributed by atoms with van der Waals surface area (Å²) in [5.74, 6) is -1.73. The first kappa shape index (κ1) is 13.9. The van der Waals surface area contributed by atoms with Crippen LogP contribution in [0.15, 0.2) is 42.0 Å². The first-order valence-electron chi connectivity index (χ1n) is 6.63. The number of benzene rings is 1. The Labute approximate surface area is 126 Å². The Balaban J connectivity index is 2.05. The fourth-order valence-corrected chi connectivity index (χ4v) is 2.45. The number of rotatable bonds is 2. The van der Waals surface area contributed by atoms with Crippen molar-refractivity contribution in [1.82, 2.24) is 0 Å². The molecule has 0 saturated heterocycles. The third kappa shape index (κ3) is 1.96. The van der Waals surface area contributed by atoms with Crippen LogP contribution in [0.5, 0.6) is 0 Å². The lowest BCUT2D eigenvalue weighted by atomic mass is 10.1. The number of carbonyl (C=O) groups is 4. The summed E-state index contributed by atoms with van der Waals surface area (Å²) < 4.78 is 0. The van der Waals surface area contributed by atoms with Gasteiger partial charge in [-0.2, -0.15) is 0 Å². The molecule has 0 saturated carbocycles. The molecule has 22 heavy (non-hydrogen) atoms. The van der Waals surface area contributed by atoms with E-state index in [0.29, 0.717) is 22.5 Å². The van der Waals surface area contributed by atoms with Crippen LogP contribution >= 0.6 is 0 Å². The minimum atomic E-state index is -0.451. The van der Waals surface area contributed by atoms with E-state index in [4.69, 9.17) is 0 Å². The number of nitrogens with zero attached hydrogens (tertiary/aromatic N) is 2. The molecule has 0 unspecified atom stereocenters. The molecule has 3 rings (SSSR count). The molecule has 0 atom stereocenters. The zero-order valence-electron chi connectivity index (χ0n) is 12.0. The van der Waals surface area contributed by atoms with Crippen molar-refractivity contribution in [2.24, 2.45) is 0 Å². The smallest absolute Gasteiger partial charge is 0.261 e. The predicted octanol–water partition coefficient (Wildman–Crippen LogP) is 1.24. The highest BCUT2D eigenvalue weighted by molar-refractivity contribution is 6.31. The number of aryl methyl sites for hydroxylation is 1.